The average molecular weight is 313 g/mol. The number of hydrogen-bond donors (Lipinski definition) is 2. The van der Waals surface area contributed by atoms with Gasteiger partial charge in [-0.3, -0.25) is 9.78 Å². The van der Waals surface area contributed by atoms with Crippen molar-refractivity contribution in [1.82, 2.24) is 10.3 Å². The number of carbonyl (C=O) groups is 1. The van der Waals surface area contributed by atoms with E-state index >= 15 is 0 Å². The van der Waals surface area contributed by atoms with Gasteiger partial charge in [0.15, 0.2) is 0 Å². The summed E-state index contributed by atoms with van der Waals surface area (Å²) in [5.74, 6) is 0.449. The molecule has 4 heteroatoms. The Morgan fingerprint density at radius 2 is 2.09 bits per heavy atom. The molecule has 1 spiro atoms. The minimum Gasteiger partial charge on any atom is -0.350 e. The first-order valence-corrected chi connectivity index (χ1v) is 9.17. The Bertz CT molecular complexity index is 605. The molecule has 0 aliphatic heterocycles. The Balaban J connectivity index is 1.36. The third-order valence-electron chi connectivity index (χ3n) is 6.33. The number of rotatable bonds is 3. The SMILES string of the molecule is NC1CCC2(CC1)C[C@@H]2C(=O)NCc1nccc2c1CCCC2. The number of nitrogens with zero attached hydrogens (tertiary/aromatic N) is 1. The fourth-order valence-electron chi connectivity index (χ4n) is 4.67. The minimum absolute atomic E-state index is 0.217. The van der Waals surface area contributed by atoms with Crippen molar-refractivity contribution in [2.75, 3.05) is 0 Å². The second kappa shape index (κ2) is 5.90. The van der Waals surface area contributed by atoms with E-state index in [0.717, 1.165) is 50.6 Å². The quantitative estimate of drug-likeness (QED) is 0.901. The van der Waals surface area contributed by atoms with E-state index in [9.17, 15) is 4.79 Å². The first-order chi connectivity index (χ1) is 11.2. The predicted molar refractivity (Wildman–Crippen MR) is 89.7 cm³/mol. The van der Waals surface area contributed by atoms with Gasteiger partial charge in [0.2, 0.25) is 5.91 Å². The standard InChI is InChI=1S/C19H27N3O/c20-14-5-8-19(9-6-14)11-16(19)18(23)22-12-17-15-4-2-1-3-13(15)7-10-21-17/h7,10,14,16H,1-6,8-9,11-12,20H2,(H,22,23)/t14?,16-,19?/m1/s1. The second-order valence-corrected chi connectivity index (χ2v) is 7.78. The van der Waals surface area contributed by atoms with Crippen LogP contribution in [-0.4, -0.2) is 16.9 Å². The maximum atomic E-state index is 12.5. The van der Waals surface area contributed by atoms with E-state index in [1.807, 2.05) is 6.20 Å². The van der Waals surface area contributed by atoms with Gasteiger partial charge in [0.25, 0.3) is 0 Å². The van der Waals surface area contributed by atoms with Crippen LogP contribution in [-0.2, 0) is 24.2 Å². The summed E-state index contributed by atoms with van der Waals surface area (Å²) in [6, 6.07) is 2.49. The van der Waals surface area contributed by atoms with E-state index in [0.29, 0.717) is 12.6 Å². The lowest BCUT2D eigenvalue weighted by Gasteiger charge is -2.26. The van der Waals surface area contributed by atoms with Gasteiger partial charge in [-0.15, -0.1) is 0 Å². The fraction of sp³-hybridized carbons (Fsp3) is 0.684. The van der Waals surface area contributed by atoms with Crippen LogP contribution in [0.5, 0.6) is 0 Å². The van der Waals surface area contributed by atoms with Gasteiger partial charge in [0.05, 0.1) is 12.2 Å². The number of nitrogens with one attached hydrogen (secondary N) is 1. The van der Waals surface area contributed by atoms with Crippen LogP contribution in [0.4, 0.5) is 0 Å². The molecule has 0 radical (unpaired) electrons. The molecule has 0 aromatic carbocycles. The summed E-state index contributed by atoms with van der Waals surface area (Å²) in [6.45, 7) is 0.591. The second-order valence-electron chi connectivity index (χ2n) is 7.78. The zero-order valence-corrected chi connectivity index (χ0v) is 13.8. The molecule has 1 aromatic heterocycles. The number of aromatic nitrogens is 1. The molecule has 1 heterocycles. The number of pyridine rings is 1. The molecule has 2 fully saturated rings. The van der Waals surface area contributed by atoms with Crippen molar-refractivity contribution in [3.05, 3.63) is 29.1 Å². The highest BCUT2D eigenvalue weighted by atomic mass is 16.2. The van der Waals surface area contributed by atoms with Gasteiger partial charge in [-0.1, -0.05) is 0 Å². The molecular formula is C19H27N3O. The van der Waals surface area contributed by atoms with E-state index in [-0.39, 0.29) is 17.2 Å². The Morgan fingerprint density at radius 3 is 2.91 bits per heavy atom. The highest BCUT2D eigenvalue weighted by Crippen LogP contribution is 2.61. The third-order valence-corrected chi connectivity index (χ3v) is 6.33. The monoisotopic (exact) mass is 313 g/mol. The average Bonchev–Trinajstić information content (AvgIpc) is 3.29. The van der Waals surface area contributed by atoms with Crippen LogP contribution >= 0.6 is 0 Å². The van der Waals surface area contributed by atoms with E-state index in [1.54, 1.807) is 0 Å². The maximum Gasteiger partial charge on any atom is 0.224 e. The van der Waals surface area contributed by atoms with Gasteiger partial charge in [0, 0.05) is 18.2 Å². The molecule has 124 valence electrons. The van der Waals surface area contributed by atoms with Crippen LogP contribution in [0.2, 0.25) is 0 Å². The largest absolute Gasteiger partial charge is 0.350 e. The van der Waals surface area contributed by atoms with Crippen LogP contribution in [0, 0.1) is 11.3 Å². The molecule has 4 nitrogen and oxygen atoms in total. The molecule has 3 aliphatic rings. The van der Waals surface area contributed by atoms with Crippen molar-refractivity contribution in [2.45, 2.75) is 70.4 Å². The first kappa shape index (κ1) is 15.1. The highest BCUT2D eigenvalue weighted by Gasteiger charge is 2.58. The molecule has 3 N–H and O–H groups in total. The van der Waals surface area contributed by atoms with E-state index < -0.39 is 0 Å². The molecule has 0 unspecified atom stereocenters. The summed E-state index contributed by atoms with van der Waals surface area (Å²) < 4.78 is 0. The number of aryl methyl sites for hydroxylation is 1. The van der Waals surface area contributed by atoms with Gasteiger partial charge in [-0.2, -0.15) is 0 Å². The van der Waals surface area contributed by atoms with Crippen LogP contribution in [0.3, 0.4) is 0 Å². The molecule has 1 amide bonds. The first-order valence-electron chi connectivity index (χ1n) is 9.17. The summed E-state index contributed by atoms with van der Waals surface area (Å²) in [5, 5.41) is 3.16. The Labute approximate surface area is 138 Å². The Hall–Kier alpha value is -1.42. The lowest BCUT2D eigenvalue weighted by molar-refractivity contribution is -0.123. The van der Waals surface area contributed by atoms with Gasteiger partial charge in [-0.05, 0) is 80.4 Å². The normalized spacial score (nSPS) is 32.4. The zero-order chi connectivity index (χ0) is 15.9. The number of carbonyl (C=O) groups excluding carboxylic acids is 1. The van der Waals surface area contributed by atoms with Gasteiger partial charge in [0.1, 0.15) is 0 Å². The fourth-order valence-corrected chi connectivity index (χ4v) is 4.67. The number of fused-ring (bicyclic) bond motifs is 1. The van der Waals surface area contributed by atoms with Crippen molar-refractivity contribution in [1.29, 1.82) is 0 Å². The third kappa shape index (κ3) is 2.89. The molecule has 1 atom stereocenters. The molecule has 0 bridgehead atoms. The summed E-state index contributed by atoms with van der Waals surface area (Å²) >= 11 is 0. The van der Waals surface area contributed by atoms with Crippen molar-refractivity contribution < 1.29 is 4.79 Å². The van der Waals surface area contributed by atoms with Crippen molar-refractivity contribution in [3.63, 3.8) is 0 Å². The topological polar surface area (TPSA) is 68.0 Å². The lowest BCUT2D eigenvalue weighted by Crippen LogP contribution is -2.32. The molecule has 3 aliphatic carbocycles. The van der Waals surface area contributed by atoms with Crippen LogP contribution < -0.4 is 11.1 Å². The summed E-state index contributed by atoms with van der Waals surface area (Å²) in [7, 11) is 0. The van der Waals surface area contributed by atoms with Crippen LogP contribution in [0.1, 0.15) is 61.8 Å². The summed E-state index contributed by atoms with van der Waals surface area (Å²) in [5.41, 5.74) is 10.2. The van der Waals surface area contributed by atoms with E-state index in [2.05, 4.69) is 16.4 Å². The Morgan fingerprint density at radius 1 is 1.30 bits per heavy atom. The van der Waals surface area contributed by atoms with E-state index in [1.165, 1.54) is 24.0 Å². The van der Waals surface area contributed by atoms with Gasteiger partial charge >= 0.3 is 0 Å². The number of hydrogen-bond acceptors (Lipinski definition) is 3. The lowest BCUT2D eigenvalue weighted by atomic mass is 9.82. The summed E-state index contributed by atoms with van der Waals surface area (Å²) in [4.78, 5) is 17.1. The smallest absolute Gasteiger partial charge is 0.224 e. The number of nitrogens with two attached hydrogens (primary N) is 1. The molecule has 2 saturated carbocycles. The van der Waals surface area contributed by atoms with Crippen molar-refractivity contribution >= 4 is 5.91 Å². The molecule has 23 heavy (non-hydrogen) atoms. The maximum absolute atomic E-state index is 12.5. The van der Waals surface area contributed by atoms with Crippen molar-refractivity contribution in [2.24, 2.45) is 17.1 Å². The number of amides is 1. The zero-order valence-electron chi connectivity index (χ0n) is 13.8. The van der Waals surface area contributed by atoms with Gasteiger partial charge in [-0.25, -0.2) is 0 Å². The molecule has 0 saturated heterocycles. The minimum atomic E-state index is 0.217. The summed E-state index contributed by atoms with van der Waals surface area (Å²) in [6.07, 6.45) is 12.2. The van der Waals surface area contributed by atoms with Crippen LogP contribution in [0.25, 0.3) is 0 Å². The van der Waals surface area contributed by atoms with E-state index in [4.69, 9.17) is 5.73 Å². The molecule has 1 aromatic rings. The van der Waals surface area contributed by atoms with Crippen LogP contribution in [0.15, 0.2) is 12.3 Å². The molecule has 4 rings (SSSR count). The van der Waals surface area contributed by atoms with Gasteiger partial charge < -0.3 is 11.1 Å². The Kier molecular flexibility index (Phi) is 3.88. The van der Waals surface area contributed by atoms with Crippen molar-refractivity contribution in [3.8, 4) is 0 Å². The highest BCUT2D eigenvalue weighted by molar-refractivity contribution is 5.82. The molecular weight excluding hydrogens is 286 g/mol. The predicted octanol–water partition coefficient (Wildman–Crippen LogP) is 2.48.